The maximum absolute atomic E-state index is 12.1. The summed E-state index contributed by atoms with van der Waals surface area (Å²) in [5.74, 6) is -0.284. The van der Waals surface area contributed by atoms with Gasteiger partial charge in [0.15, 0.2) is 0 Å². The predicted octanol–water partition coefficient (Wildman–Crippen LogP) is 1.96. The molecule has 0 radical (unpaired) electrons. The fourth-order valence-electron chi connectivity index (χ4n) is 2.54. The molecule has 1 aromatic heterocycles. The van der Waals surface area contributed by atoms with Crippen LogP contribution in [0, 0.1) is 0 Å². The van der Waals surface area contributed by atoms with Gasteiger partial charge in [0.2, 0.25) is 5.91 Å². The van der Waals surface area contributed by atoms with Crippen molar-refractivity contribution in [3.63, 3.8) is 0 Å². The van der Waals surface area contributed by atoms with Crippen molar-refractivity contribution >= 4 is 23.3 Å². The van der Waals surface area contributed by atoms with Crippen LogP contribution in [0.4, 0.5) is 4.79 Å². The molecule has 2 rings (SSSR count). The minimum absolute atomic E-state index is 0.177. The van der Waals surface area contributed by atoms with Crippen molar-refractivity contribution in [2.75, 3.05) is 26.2 Å². The molecule has 1 aliphatic heterocycles. The van der Waals surface area contributed by atoms with E-state index in [4.69, 9.17) is 4.74 Å². The first-order valence-corrected chi connectivity index (χ1v) is 8.99. The summed E-state index contributed by atoms with van der Waals surface area (Å²) in [4.78, 5) is 26.9. The molecular formula is C16H25N3O3S. The quantitative estimate of drug-likeness (QED) is 0.760. The fourth-order valence-corrected chi connectivity index (χ4v) is 3.28. The first-order chi connectivity index (χ1) is 11.2. The van der Waals surface area contributed by atoms with Crippen LogP contribution in [0.1, 0.15) is 31.1 Å². The zero-order chi connectivity index (χ0) is 16.5. The van der Waals surface area contributed by atoms with Gasteiger partial charge in [-0.15, -0.1) is 11.3 Å². The first-order valence-electron chi connectivity index (χ1n) is 8.11. The summed E-state index contributed by atoms with van der Waals surface area (Å²) in [5.41, 5.74) is 0. The van der Waals surface area contributed by atoms with Gasteiger partial charge in [0.05, 0.1) is 12.6 Å². The molecule has 0 aliphatic carbocycles. The Bertz CT molecular complexity index is 487. The Morgan fingerprint density at radius 1 is 1.48 bits per heavy atom. The van der Waals surface area contributed by atoms with Gasteiger partial charge in [0, 0.05) is 31.1 Å². The van der Waals surface area contributed by atoms with E-state index in [1.54, 1.807) is 11.3 Å². The second-order valence-electron chi connectivity index (χ2n) is 5.69. The average Bonchev–Trinajstić information content (AvgIpc) is 3.18. The highest BCUT2D eigenvalue weighted by Gasteiger charge is 2.21. The number of amides is 3. The lowest BCUT2D eigenvalue weighted by Crippen LogP contribution is -2.45. The Morgan fingerprint density at radius 2 is 2.35 bits per heavy atom. The number of ether oxygens (including phenoxy) is 1. The van der Waals surface area contributed by atoms with Gasteiger partial charge in [0.25, 0.3) is 0 Å². The second-order valence-corrected chi connectivity index (χ2v) is 6.72. The normalized spacial score (nSPS) is 17.4. The van der Waals surface area contributed by atoms with E-state index in [1.165, 1.54) is 4.88 Å². The van der Waals surface area contributed by atoms with Gasteiger partial charge in [0.1, 0.15) is 0 Å². The number of urea groups is 1. The fraction of sp³-hybridized carbons (Fsp3) is 0.625. The summed E-state index contributed by atoms with van der Waals surface area (Å²) in [7, 11) is 0. The number of carbonyl (C=O) groups is 2. The first kappa shape index (κ1) is 17.9. The lowest BCUT2D eigenvalue weighted by molar-refractivity contribution is -0.121. The van der Waals surface area contributed by atoms with Crippen LogP contribution in [0.3, 0.4) is 0 Å². The van der Waals surface area contributed by atoms with E-state index in [2.05, 4.69) is 16.7 Å². The second kappa shape index (κ2) is 9.64. The van der Waals surface area contributed by atoms with Gasteiger partial charge in [-0.05, 0) is 30.7 Å². The van der Waals surface area contributed by atoms with E-state index >= 15 is 0 Å². The van der Waals surface area contributed by atoms with Crippen LogP contribution in [-0.2, 0) is 16.1 Å². The van der Waals surface area contributed by atoms with Crippen molar-refractivity contribution in [1.29, 1.82) is 0 Å². The molecule has 1 aromatic rings. The number of nitrogens with one attached hydrogen (secondary N) is 2. The number of thiophene rings is 1. The molecule has 2 heterocycles. The topological polar surface area (TPSA) is 70.7 Å². The van der Waals surface area contributed by atoms with E-state index in [9.17, 15) is 9.59 Å². The molecule has 3 amide bonds. The monoisotopic (exact) mass is 339 g/mol. The Morgan fingerprint density at radius 3 is 3.00 bits per heavy atom. The summed E-state index contributed by atoms with van der Waals surface area (Å²) in [6.45, 7) is 4.92. The van der Waals surface area contributed by atoms with Crippen LogP contribution >= 0.6 is 11.3 Å². The molecule has 1 saturated heterocycles. The van der Waals surface area contributed by atoms with Crippen molar-refractivity contribution < 1.29 is 14.3 Å². The molecule has 0 unspecified atom stereocenters. The lowest BCUT2D eigenvalue weighted by atomic mass is 10.2. The smallest absolute Gasteiger partial charge is 0.321 e. The molecule has 6 nitrogen and oxygen atoms in total. The van der Waals surface area contributed by atoms with E-state index < -0.39 is 6.03 Å². The number of imide groups is 1. The largest absolute Gasteiger partial charge is 0.377 e. The molecule has 1 atom stereocenters. The highest BCUT2D eigenvalue weighted by atomic mass is 32.1. The average molecular weight is 339 g/mol. The van der Waals surface area contributed by atoms with E-state index in [1.807, 2.05) is 23.3 Å². The summed E-state index contributed by atoms with van der Waals surface area (Å²) >= 11 is 1.67. The Labute approximate surface area is 141 Å². The molecule has 0 saturated carbocycles. The van der Waals surface area contributed by atoms with Crippen LogP contribution in [0.2, 0.25) is 0 Å². The van der Waals surface area contributed by atoms with Gasteiger partial charge in [-0.3, -0.25) is 15.0 Å². The van der Waals surface area contributed by atoms with Gasteiger partial charge in [-0.1, -0.05) is 13.0 Å². The predicted molar refractivity (Wildman–Crippen MR) is 90.4 cm³/mol. The molecule has 23 heavy (non-hydrogen) atoms. The van der Waals surface area contributed by atoms with Crippen molar-refractivity contribution in [1.82, 2.24) is 15.5 Å². The number of rotatable bonds is 8. The Kier molecular flexibility index (Phi) is 7.51. The van der Waals surface area contributed by atoms with Crippen molar-refractivity contribution in [2.45, 2.75) is 38.8 Å². The van der Waals surface area contributed by atoms with E-state index in [0.717, 1.165) is 25.9 Å². The highest BCUT2D eigenvalue weighted by Crippen LogP contribution is 2.16. The summed E-state index contributed by atoms with van der Waals surface area (Å²) < 4.78 is 5.67. The van der Waals surface area contributed by atoms with Gasteiger partial charge < -0.3 is 10.1 Å². The molecule has 2 N–H and O–H groups in total. The lowest BCUT2D eigenvalue weighted by Gasteiger charge is -2.24. The van der Waals surface area contributed by atoms with Crippen LogP contribution in [0.25, 0.3) is 0 Å². The summed E-state index contributed by atoms with van der Waals surface area (Å²) in [6.07, 6.45) is 3.12. The zero-order valence-electron chi connectivity index (χ0n) is 13.5. The van der Waals surface area contributed by atoms with Gasteiger partial charge in [-0.25, -0.2) is 4.79 Å². The summed E-state index contributed by atoms with van der Waals surface area (Å²) in [6, 6.07) is 3.63. The molecule has 1 aliphatic rings. The SMILES string of the molecule is CCCNC(=O)NC(=O)CN(Cc1cccs1)C[C@H]1CCCO1. The van der Waals surface area contributed by atoms with E-state index in [-0.39, 0.29) is 18.6 Å². The third-order valence-corrected chi connectivity index (χ3v) is 4.46. The van der Waals surface area contributed by atoms with Crippen molar-refractivity contribution in [3.05, 3.63) is 22.4 Å². The molecular weight excluding hydrogens is 314 g/mol. The van der Waals surface area contributed by atoms with Crippen molar-refractivity contribution in [3.8, 4) is 0 Å². The molecule has 128 valence electrons. The number of carbonyl (C=O) groups excluding carboxylic acids is 2. The maximum Gasteiger partial charge on any atom is 0.321 e. The number of nitrogens with zero attached hydrogens (tertiary/aromatic N) is 1. The zero-order valence-corrected chi connectivity index (χ0v) is 14.4. The molecule has 1 fully saturated rings. The number of hydrogen-bond donors (Lipinski definition) is 2. The minimum Gasteiger partial charge on any atom is -0.377 e. The molecule has 0 aromatic carbocycles. The maximum atomic E-state index is 12.1. The third-order valence-electron chi connectivity index (χ3n) is 3.60. The summed E-state index contributed by atoms with van der Waals surface area (Å²) in [5, 5.41) is 7.05. The van der Waals surface area contributed by atoms with Crippen LogP contribution in [-0.4, -0.2) is 49.2 Å². The molecule has 0 bridgehead atoms. The van der Waals surface area contributed by atoms with Gasteiger partial charge in [-0.2, -0.15) is 0 Å². The van der Waals surface area contributed by atoms with Crippen LogP contribution in [0.5, 0.6) is 0 Å². The Balaban J connectivity index is 1.85. The van der Waals surface area contributed by atoms with Crippen molar-refractivity contribution in [2.24, 2.45) is 0 Å². The highest BCUT2D eigenvalue weighted by molar-refractivity contribution is 7.09. The molecule has 0 spiro atoms. The van der Waals surface area contributed by atoms with Gasteiger partial charge >= 0.3 is 6.03 Å². The minimum atomic E-state index is -0.426. The Hall–Kier alpha value is -1.44. The van der Waals surface area contributed by atoms with Crippen LogP contribution < -0.4 is 10.6 Å². The third kappa shape index (κ3) is 6.68. The van der Waals surface area contributed by atoms with Crippen LogP contribution in [0.15, 0.2) is 17.5 Å². The molecule has 7 heteroatoms. The standard InChI is InChI=1S/C16H25N3O3S/c1-2-7-17-16(21)18-15(20)12-19(10-13-5-3-8-22-13)11-14-6-4-9-23-14/h4,6,9,13H,2-3,5,7-8,10-12H2,1H3,(H2,17,18,20,21)/t13-/m1/s1. The van der Waals surface area contributed by atoms with E-state index in [0.29, 0.717) is 19.6 Å². The number of hydrogen-bond acceptors (Lipinski definition) is 5.